The second kappa shape index (κ2) is 5.57. The van der Waals surface area contributed by atoms with E-state index in [0.29, 0.717) is 11.3 Å². The number of hydrogen-bond acceptors (Lipinski definition) is 3. The Morgan fingerprint density at radius 3 is 2.61 bits per heavy atom. The highest BCUT2D eigenvalue weighted by Gasteiger charge is 2.37. The van der Waals surface area contributed by atoms with Gasteiger partial charge in [0.15, 0.2) is 0 Å². The molecule has 0 aromatic rings. The SMILES string of the molecule is CCNC1CCN(CC2(C)CCN(C)CC2)C1=O. The summed E-state index contributed by atoms with van der Waals surface area (Å²) in [5.74, 6) is 0.317. The molecule has 0 radical (unpaired) electrons. The highest BCUT2D eigenvalue weighted by molar-refractivity contribution is 5.84. The molecule has 1 atom stereocenters. The first kappa shape index (κ1) is 13.8. The number of rotatable bonds is 4. The number of carbonyl (C=O) groups is 1. The van der Waals surface area contributed by atoms with Gasteiger partial charge in [0.05, 0.1) is 6.04 Å². The van der Waals surface area contributed by atoms with Gasteiger partial charge in [-0.25, -0.2) is 0 Å². The second-order valence-corrected chi connectivity index (χ2v) is 6.27. The Balaban J connectivity index is 1.88. The molecular formula is C14H27N3O. The average Bonchev–Trinajstić information content (AvgIpc) is 2.67. The third kappa shape index (κ3) is 3.04. The number of nitrogens with one attached hydrogen (secondary N) is 1. The lowest BCUT2D eigenvalue weighted by Crippen LogP contribution is -2.46. The normalized spacial score (nSPS) is 28.9. The van der Waals surface area contributed by atoms with Crippen molar-refractivity contribution >= 4 is 5.91 Å². The van der Waals surface area contributed by atoms with E-state index in [2.05, 4.69) is 36.0 Å². The maximum absolute atomic E-state index is 12.2. The van der Waals surface area contributed by atoms with Crippen LogP contribution in [0, 0.1) is 5.41 Å². The molecule has 2 heterocycles. The summed E-state index contributed by atoms with van der Waals surface area (Å²) in [5, 5.41) is 3.28. The summed E-state index contributed by atoms with van der Waals surface area (Å²) in [6.07, 6.45) is 3.39. The Bertz CT molecular complexity index is 297. The van der Waals surface area contributed by atoms with Crippen molar-refractivity contribution in [3.63, 3.8) is 0 Å². The molecule has 2 rings (SSSR count). The van der Waals surface area contributed by atoms with Crippen LogP contribution >= 0.6 is 0 Å². The average molecular weight is 253 g/mol. The fourth-order valence-electron chi connectivity index (χ4n) is 3.11. The molecular weight excluding hydrogens is 226 g/mol. The minimum Gasteiger partial charge on any atom is -0.341 e. The van der Waals surface area contributed by atoms with Gasteiger partial charge in [0.1, 0.15) is 0 Å². The lowest BCUT2D eigenvalue weighted by atomic mass is 9.80. The van der Waals surface area contributed by atoms with Crippen molar-refractivity contribution < 1.29 is 4.79 Å². The molecule has 0 spiro atoms. The van der Waals surface area contributed by atoms with Crippen molar-refractivity contribution in [1.29, 1.82) is 0 Å². The summed E-state index contributed by atoms with van der Waals surface area (Å²) >= 11 is 0. The highest BCUT2D eigenvalue weighted by atomic mass is 16.2. The van der Waals surface area contributed by atoms with Gasteiger partial charge in [0, 0.05) is 13.1 Å². The van der Waals surface area contributed by atoms with E-state index in [0.717, 1.165) is 39.1 Å². The number of likely N-dealkylation sites (N-methyl/N-ethyl adjacent to an activating group) is 1. The number of hydrogen-bond donors (Lipinski definition) is 1. The van der Waals surface area contributed by atoms with Gasteiger partial charge in [-0.2, -0.15) is 0 Å². The van der Waals surface area contributed by atoms with Crippen molar-refractivity contribution in [3.05, 3.63) is 0 Å². The second-order valence-electron chi connectivity index (χ2n) is 6.27. The molecule has 2 aliphatic rings. The van der Waals surface area contributed by atoms with Gasteiger partial charge in [-0.1, -0.05) is 13.8 Å². The van der Waals surface area contributed by atoms with E-state index in [1.807, 2.05) is 0 Å². The molecule has 4 nitrogen and oxygen atoms in total. The molecule has 0 aromatic carbocycles. The molecule has 0 bridgehead atoms. The summed E-state index contributed by atoms with van der Waals surface area (Å²) in [6.45, 7) is 9.49. The maximum Gasteiger partial charge on any atom is 0.239 e. The zero-order chi connectivity index (χ0) is 13.2. The lowest BCUT2D eigenvalue weighted by molar-refractivity contribution is -0.131. The summed E-state index contributed by atoms with van der Waals surface area (Å²) in [4.78, 5) is 16.7. The topological polar surface area (TPSA) is 35.6 Å². The van der Waals surface area contributed by atoms with Gasteiger partial charge < -0.3 is 15.1 Å². The first-order chi connectivity index (χ1) is 8.54. The van der Waals surface area contributed by atoms with Crippen LogP contribution in [0.15, 0.2) is 0 Å². The Labute approximate surface area is 111 Å². The van der Waals surface area contributed by atoms with Crippen LogP contribution in [0.5, 0.6) is 0 Å². The quantitative estimate of drug-likeness (QED) is 0.809. The van der Waals surface area contributed by atoms with Gasteiger partial charge >= 0.3 is 0 Å². The molecule has 2 fully saturated rings. The molecule has 0 saturated carbocycles. The van der Waals surface area contributed by atoms with Crippen LogP contribution in [0.4, 0.5) is 0 Å². The number of piperidine rings is 1. The van der Waals surface area contributed by atoms with Crippen molar-refractivity contribution in [1.82, 2.24) is 15.1 Å². The van der Waals surface area contributed by atoms with E-state index in [-0.39, 0.29) is 6.04 Å². The first-order valence-electron chi connectivity index (χ1n) is 7.25. The Hall–Kier alpha value is -0.610. The Kier molecular flexibility index (Phi) is 4.28. The molecule has 0 aromatic heterocycles. The van der Waals surface area contributed by atoms with E-state index in [9.17, 15) is 4.79 Å². The summed E-state index contributed by atoms with van der Waals surface area (Å²) < 4.78 is 0. The smallest absolute Gasteiger partial charge is 0.239 e. The fourth-order valence-corrected chi connectivity index (χ4v) is 3.11. The largest absolute Gasteiger partial charge is 0.341 e. The van der Waals surface area contributed by atoms with Crippen molar-refractivity contribution in [2.24, 2.45) is 5.41 Å². The van der Waals surface area contributed by atoms with Crippen LogP contribution in [0.1, 0.15) is 33.1 Å². The number of carbonyl (C=O) groups excluding carboxylic acids is 1. The van der Waals surface area contributed by atoms with Crippen molar-refractivity contribution in [3.8, 4) is 0 Å². The number of likely N-dealkylation sites (tertiary alicyclic amines) is 2. The predicted octanol–water partition coefficient (Wildman–Crippen LogP) is 0.929. The molecule has 2 aliphatic heterocycles. The van der Waals surface area contributed by atoms with Gasteiger partial charge in [-0.05, 0) is 51.4 Å². The van der Waals surface area contributed by atoms with Gasteiger partial charge in [0.2, 0.25) is 5.91 Å². The van der Waals surface area contributed by atoms with Crippen LogP contribution in [0.2, 0.25) is 0 Å². The molecule has 4 heteroatoms. The molecule has 0 aliphatic carbocycles. The van der Waals surface area contributed by atoms with Crippen LogP contribution in [-0.4, -0.2) is 61.5 Å². The van der Waals surface area contributed by atoms with Gasteiger partial charge in [0.25, 0.3) is 0 Å². The van der Waals surface area contributed by atoms with E-state index < -0.39 is 0 Å². The van der Waals surface area contributed by atoms with E-state index >= 15 is 0 Å². The molecule has 18 heavy (non-hydrogen) atoms. The first-order valence-corrected chi connectivity index (χ1v) is 7.25. The Morgan fingerprint density at radius 2 is 2.00 bits per heavy atom. The van der Waals surface area contributed by atoms with Crippen molar-refractivity contribution in [2.45, 2.75) is 39.2 Å². The zero-order valence-corrected chi connectivity index (χ0v) is 12.0. The highest BCUT2D eigenvalue weighted by Crippen LogP contribution is 2.32. The third-order valence-electron chi connectivity index (χ3n) is 4.51. The van der Waals surface area contributed by atoms with Crippen LogP contribution < -0.4 is 5.32 Å². The monoisotopic (exact) mass is 253 g/mol. The van der Waals surface area contributed by atoms with Crippen molar-refractivity contribution in [2.75, 3.05) is 39.8 Å². The summed E-state index contributed by atoms with van der Waals surface area (Å²) in [5.41, 5.74) is 0.323. The van der Waals surface area contributed by atoms with Crippen LogP contribution in [0.25, 0.3) is 0 Å². The summed E-state index contributed by atoms with van der Waals surface area (Å²) in [6, 6.07) is 0.0739. The minimum atomic E-state index is 0.0739. The molecule has 1 N–H and O–H groups in total. The third-order valence-corrected chi connectivity index (χ3v) is 4.51. The number of amides is 1. The van der Waals surface area contributed by atoms with Crippen LogP contribution in [-0.2, 0) is 4.79 Å². The summed E-state index contributed by atoms with van der Waals surface area (Å²) in [7, 11) is 2.18. The van der Waals surface area contributed by atoms with E-state index in [1.54, 1.807) is 0 Å². The lowest BCUT2D eigenvalue weighted by Gasteiger charge is -2.40. The standard InChI is InChI=1S/C14H27N3O/c1-4-15-12-5-8-17(13(12)18)11-14(2)6-9-16(3)10-7-14/h12,15H,4-11H2,1-3H3. The Morgan fingerprint density at radius 1 is 1.33 bits per heavy atom. The predicted molar refractivity (Wildman–Crippen MR) is 73.5 cm³/mol. The molecule has 2 saturated heterocycles. The van der Waals surface area contributed by atoms with Gasteiger partial charge in [-0.3, -0.25) is 4.79 Å². The zero-order valence-electron chi connectivity index (χ0n) is 12.0. The van der Waals surface area contributed by atoms with Crippen LogP contribution in [0.3, 0.4) is 0 Å². The molecule has 1 unspecified atom stereocenters. The van der Waals surface area contributed by atoms with Gasteiger partial charge in [-0.15, -0.1) is 0 Å². The minimum absolute atomic E-state index is 0.0739. The molecule has 104 valence electrons. The molecule has 1 amide bonds. The van der Waals surface area contributed by atoms with E-state index in [1.165, 1.54) is 12.8 Å². The van der Waals surface area contributed by atoms with E-state index in [4.69, 9.17) is 0 Å². The fraction of sp³-hybridized carbons (Fsp3) is 0.929. The number of nitrogens with zero attached hydrogens (tertiary/aromatic N) is 2. The maximum atomic E-state index is 12.2.